The number of rotatable bonds is 2. The number of aromatic nitrogens is 1. The van der Waals surface area contributed by atoms with Crippen molar-refractivity contribution in [3.8, 4) is 11.3 Å². The molecule has 1 aliphatic rings. The summed E-state index contributed by atoms with van der Waals surface area (Å²) in [4.78, 5) is 2.40. The zero-order valence-electron chi connectivity index (χ0n) is 15.2. The maximum atomic E-state index is 3.61. The molecule has 0 amide bonds. The summed E-state index contributed by atoms with van der Waals surface area (Å²) in [5, 5.41) is 3.61. The quantitative estimate of drug-likeness (QED) is 0.687. The first-order valence-electron chi connectivity index (χ1n) is 8.77. The van der Waals surface area contributed by atoms with Crippen LogP contribution in [-0.4, -0.2) is 6.17 Å². The lowest BCUT2D eigenvalue weighted by molar-refractivity contribution is -0.660. The van der Waals surface area contributed by atoms with E-state index in [0.717, 1.165) is 0 Å². The molecule has 0 saturated carbocycles. The number of benzene rings is 2. The Bertz CT molecular complexity index is 946. The van der Waals surface area contributed by atoms with Gasteiger partial charge in [0, 0.05) is 17.8 Å². The van der Waals surface area contributed by atoms with Crippen LogP contribution in [0.15, 0.2) is 60.8 Å². The zero-order valence-corrected chi connectivity index (χ0v) is 15.2. The third-order valence-electron chi connectivity index (χ3n) is 5.06. The second-order valence-corrected chi connectivity index (χ2v) is 6.86. The maximum absolute atomic E-state index is 3.61. The summed E-state index contributed by atoms with van der Waals surface area (Å²) in [5.74, 6) is 0. The number of fused-ring (bicyclic) bond motifs is 1. The van der Waals surface area contributed by atoms with Gasteiger partial charge in [0.05, 0.1) is 16.9 Å². The highest BCUT2D eigenvalue weighted by Crippen LogP contribution is 2.42. The van der Waals surface area contributed by atoms with Crippen molar-refractivity contribution in [2.24, 2.45) is 7.05 Å². The Balaban J connectivity index is 1.86. The molecular weight excluding hydrogens is 306 g/mol. The molecule has 3 aromatic rings. The Morgan fingerprint density at radius 2 is 1.80 bits per heavy atom. The first-order chi connectivity index (χ1) is 12.1. The molecule has 0 bridgehead atoms. The van der Waals surface area contributed by atoms with Gasteiger partial charge in [-0.2, -0.15) is 0 Å². The molecule has 1 aliphatic heterocycles. The predicted octanol–water partition coefficient (Wildman–Crippen LogP) is 4.70. The third kappa shape index (κ3) is 2.56. The average molecular weight is 330 g/mol. The number of pyridine rings is 1. The fourth-order valence-corrected chi connectivity index (χ4v) is 3.78. The number of aryl methyl sites for hydroxylation is 2. The normalized spacial score (nSPS) is 15.8. The standard InChI is InChI=1S/C22H24N3/c1-15-11-12-22-19(14-15)23-17(3)25(22)20-10-7-8-18(16(20)2)21-9-5-6-13-24(21)4/h5-14,17,23H,1-4H3/q+1/t17-/m1/s1. The van der Waals surface area contributed by atoms with E-state index in [1.54, 1.807) is 0 Å². The van der Waals surface area contributed by atoms with E-state index in [-0.39, 0.29) is 6.17 Å². The molecule has 0 radical (unpaired) electrons. The van der Waals surface area contributed by atoms with E-state index in [1.807, 2.05) is 0 Å². The van der Waals surface area contributed by atoms with Gasteiger partial charge >= 0.3 is 0 Å². The van der Waals surface area contributed by atoms with Gasteiger partial charge in [-0.3, -0.25) is 0 Å². The van der Waals surface area contributed by atoms with Crippen LogP contribution in [0.25, 0.3) is 11.3 Å². The van der Waals surface area contributed by atoms with E-state index in [0.29, 0.717) is 0 Å². The van der Waals surface area contributed by atoms with E-state index in [4.69, 9.17) is 0 Å². The molecule has 2 heterocycles. The van der Waals surface area contributed by atoms with Gasteiger partial charge in [0.25, 0.3) is 0 Å². The van der Waals surface area contributed by atoms with Crippen LogP contribution in [0.3, 0.4) is 0 Å². The number of anilines is 3. The number of nitrogens with one attached hydrogen (secondary N) is 1. The molecule has 1 N–H and O–H groups in total. The molecule has 0 aliphatic carbocycles. The maximum Gasteiger partial charge on any atom is 0.212 e. The van der Waals surface area contributed by atoms with E-state index >= 15 is 0 Å². The molecule has 2 aromatic carbocycles. The summed E-state index contributed by atoms with van der Waals surface area (Å²) >= 11 is 0. The number of hydrogen-bond acceptors (Lipinski definition) is 2. The van der Waals surface area contributed by atoms with Crippen LogP contribution < -0.4 is 14.8 Å². The van der Waals surface area contributed by atoms with Crippen molar-refractivity contribution in [1.29, 1.82) is 0 Å². The van der Waals surface area contributed by atoms with E-state index in [1.165, 1.54) is 39.4 Å². The second-order valence-electron chi connectivity index (χ2n) is 6.86. The van der Waals surface area contributed by atoms with Gasteiger partial charge in [-0.05, 0) is 62.2 Å². The van der Waals surface area contributed by atoms with Crippen LogP contribution in [0.4, 0.5) is 17.1 Å². The fourth-order valence-electron chi connectivity index (χ4n) is 3.78. The molecular formula is C22H24N3+. The number of hydrogen-bond donors (Lipinski definition) is 1. The lowest BCUT2D eigenvalue weighted by Crippen LogP contribution is -2.31. The molecule has 4 rings (SSSR count). The minimum atomic E-state index is 0.232. The van der Waals surface area contributed by atoms with Crippen molar-refractivity contribution < 1.29 is 4.57 Å². The van der Waals surface area contributed by atoms with Crippen molar-refractivity contribution in [3.05, 3.63) is 71.9 Å². The van der Waals surface area contributed by atoms with Crippen molar-refractivity contribution >= 4 is 17.1 Å². The Morgan fingerprint density at radius 3 is 2.60 bits per heavy atom. The van der Waals surface area contributed by atoms with Crippen molar-refractivity contribution in [1.82, 2.24) is 0 Å². The van der Waals surface area contributed by atoms with Crippen LogP contribution in [-0.2, 0) is 7.05 Å². The lowest BCUT2D eigenvalue weighted by atomic mass is 10.0. The molecule has 25 heavy (non-hydrogen) atoms. The summed E-state index contributed by atoms with van der Waals surface area (Å²) < 4.78 is 2.18. The smallest absolute Gasteiger partial charge is 0.212 e. The first-order valence-corrected chi connectivity index (χ1v) is 8.77. The molecule has 0 unspecified atom stereocenters. The summed E-state index contributed by atoms with van der Waals surface area (Å²) in [6.07, 6.45) is 2.33. The Morgan fingerprint density at radius 1 is 0.960 bits per heavy atom. The molecule has 3 nitrogen and oxygen atoms in total. The van der Waals surface area contributed by atoms with Gasteiger partial charge in [-0.1, -0.05) is 12.1 Å². The molecule has 0 fully saturated rings. The van der Waals surface area contributed by atoms with Crippen LogP contribution in [0.5, 0.6) is 0 Å². The van der Waals surface area contributed by atoms with Crippen LogP contribution in [0.1, 0.15) is 18.1 Å². The molecule has 0 spiro atoms. The van der Waals surface area contributed by atoms with Crippen LogP contribution in [0, 0.1) is 13.8 Å². The highest BCUT2D eigenvalue weighted by molar-refractivity contribution is 5.85. The minimum Gasteiger partial charge on any atom is -0.363 e. The summed E-state index contributed by atoms with van der Waals surface area (Å²) in [6, 6.07) is 19.5. The minimum absolute atomic E-state index is 0.232. The van der Waals surface area contributed by atoms with Gasteiger partial charge in [-0.15, -0.1) is 0 Å². The van der Waals surface area contributed by atoms with Gasteiger partial charge in [0.2, 0.25) is 5.69 Å². The first kappa shape index (κ1) is 15.7. The highest BCUT2D eigenvalue weighted by atomic mass is 15.3. The largest absolute Gasteiger partial charge is 0.363 e. The van der Waals surface area contributed by atoms with Crippen LogP contribution >= 0.6 is 0 Å². The van der Waals surface area contributed by atoms with Crippen molar-refractivity contribution in [2.45, 2.75) is 26.9 Å². The van der Waals surface area contributed by atoms with Gasteiger partial charge in [0.1, 0.15) is 13.2 Å². The summed E-state index contributed by atoms with van der Waals surface area (Å²) in [6.45, 7) is 6.57. The molecule has 0 saturated heterocycles. The van der Waals surface area contributed by atoms with E-state index in [2.05, 4.69) is 103 Å². The second kappa shape index (κ2) is 5.92. The average Bonchev–Trinajstić information content (AvgIpc) is 2.91. The topological polar surface area (TPSA) is 19.1 Å². The van der Waals surface area contributed by atoms with Crippen molar-refractivity contribution in [2.75, 3.05) is 10.2 Å². The SMILES string of the molecule is Cc1ccc2c(c1)N[C@@H](C)N2c1cccc(-c2cccc[n+]2C)c1C. The van der Waals surface area contributed by atoms with E-state index in [9.17, 15) is 0 Å². The van der Waals surface area contributed by atoms with Gasteiger partial charge in [-0.25, -0.2) is 4.57 Å². The summed E-state index contributed by atoms with van der Waals surface area (Å²) in [5.41, 5.74) is 8.79. The molecule has 1 atom stereocenters. The predicted molar refractivity (Wildman–Crippen MR) is 104 cm³/mol. The van der Waals surface area contributed by atoms with Crippen LogP contribution in [0.2, 0.25) is 0 Å². The highest BCUT2D eigenvalue weighted by Gasteiger charge is 2.28. The monoisotopic (exact) mass is 330 g/mol. The Hall–Kier alpha value is -2.81. The Kier molecular flexibility index (Phi) is 3.72. The van der Waals surface area contributed by atoms with Crippen molar-refractivity contribution in [3.63, 3.8) is 0 Å². The zero-order chi connectivity index (χ0) is 17.6. The van der Waals surface area contributed by atoms with E-state index < -0.39 is 0 Å². The molecule has 3 heteroatoms. The fraction of sp³-hybridized carbons (Fsp3) is 0.227. The Labute approximate surface area is 149 Å². The molecule has 126 valence electrons. The molecule has 1 aromatic heterocycles. The summed E-state index contributed by atoms with van der Waals surface area (Å²) in [7, 11) is 2.10. The number of nitrogens with zero attached hydrogens (tertiary/aromatic N) is 2. The van der Waals surface area contributed by atoms with Gasteiger partial charge < -0.3 is 10.2 Å². The third-order valence-corrected chi connectivity index (χ3v) is 5.06. The lowest BCUT2D eigenvalue weighted by Gasteiger charge is -2.26. The van der Waals surface area contributed by atoms with Gasteiger partial charge in [0.15, 0.2) is 6.20 Å².